The molecule has 8 nitrogen and oxygen atoms in total. The fourth-order valence-electron chi connectivity index (χ4n) is 0.943. The molecule has 0 aliphatic rings. The summed E-state index contributed by atoms with van der Waals surface area (Å²) in [4.78, 5) is 0. The van der Waals surface area contributed by atoms with E-state index in [2.05, 4.69) is 0 Å². The predicted octanol–water partition coefficient (Wildman–Crippen LogP) is -1.73. The van der Waals surface area contributed by atoms with Crippen molar-refractivity contribution >= 4 is 20.2 Å². The molecule has 0 saturated heterocycles. The smallest absolute Gasteiger partial charge is 0.743 e. The molecule has 0 amide bonds. The van der Waals surface area contributed by atoms with E-state index < -0.39 is 68.6 Å². The molecule has 19 heteroatoms. The van der Waals surface area contributed by atoms with Gasteiger partial charge in [-0.25, -0.2) is 8.42 Å². The van der Waals surface area contributed by atoms with E-state index in [4.69, 9.17) is 14.8 Å². The Morgan fingerprint density at radius 3 is 1.14 bits per heavy atom. The fourth-order valence-corrected chi connectivity index (χ4v) is 1.89. The third-order valence-corrected chi connectivity index (χ3v) is 4.21. The van der Waals surface area contributed by atoms with Crippen LogP contribution < -0.4 is 29.6 Å². The number of halogens is 8. The summed E-state index contributed by atoms with van der Waals surface area (Å²) >= 11 is 0. The maximum absolute atomic E-state index is 12.2. The minimum absolute atomic E-state index is 0. The van der Waals surface area contributed by atoms with E-state index in [0.29, 0.717) is 0 Å². The average molecular weight is 490 g/mol. The molecular weight excluding hydrogens is 475 g/mol. The van der Waals surface area contributed by atoms with Crippen LogP contribution in [0.5, 0.6) is 0 Å². The molecular formula is C9H15F8NaO8S2. The molecule has 0 aromatic rings. The Labute approximate surface area is 176 Å². The predicted molar refractivity (Wildman–Crippen MR) is 71.2 cm³/mol. The van der Waals surface area contributed by atoms with Gasteiger partial charge in [0.15, 0.2) is 10.1 Å². The van der Waals surface area contributed by atoms with Gasteiger partial charge < -0.3 is 14.8 Å². The van der Waals surface area contributed by atoms with Crippen molar-refractivity contribution in [2.75, 3.05) is 13.2 Å². The van der Waals surface area contributed by atoms with Crippen molar-refractivity contribution in [3.05, 3.63) is 0 Å². The van der Waals surface area contributed by atoms with Crippen molar-refractivity contribution in [3.63, 3.8) is 0 Å². The van der Waals surface area contributed by atoms with Crippen molar-refractivity contribution in [2.24, 2.45) is 0 Å². The van der Waals surface area contributed by atoms with Crippen LogP contribution >= 0.6 is 0 Å². The first-order valence-electron chi connectivity index (χ1n) is 5.78. The quantitative estimate of drug-likeness (QED) is 0.206. The largest absolute Gasteiger partial charge is 1.00 e. The Balaban J connectivity index is -0.000000192. The molecule has 0 rings (SSSR count). The third-order valence-electron chi connectivity index (χ3n) is 2.34. The van der Waals surface area contributed by atoms with E-state index in [1.165, 1.54) is 0 Å². The second-order valence-electron chi connectivity index (χ2n) is 4.32. The van der Waals surface area contributed by atoms with Gasteiger partial charge in [-0.1, -0.05) is 7.43 Å². The molecule has 0 aliphatic heterocycles. The zero-order chi connectivity index (χ0) is 21.8. The van der Waals surface area contributed by atoms with Gasteiger partial charge in [0.1, 0.15) is 0 Å². The van der Waals surface area contributed by atoms with Crippen molar-refractivity contribution in [1.29, 1.82) is 0 Å². The zero-order valence-corrected chi connectivity index (χ0v) is 16.7. The van der Waals surface area contributed by atoms with Gasteiger partial charge >= 0.3 is 62.0 Å². The normalized spacial score (nSPS) is 13.6. The van der Waals surface area contributed by atoms with Crippen molar-refractivity contribution in [1.82, 2.24) is 0 Å². The molecule has 0 spiro atoms. The Bertz CT molecular complexity index is 610. The second-order valence-corrected chi connectivity index (χ2v) is 7.20. The van der Waals surface area contributed by atoms with Crippen molar-refractivity contribution in [2.45, 2.75) is 42.6 Å². The Kier molecular flexibility index (Phi) is 14.7. The molecule has 0 aromatic carbocycles. The van der Waals surface area contributed by atoms with Gasteiger partial charge in [0.25, 0.3) is 0 Å². The molecule has 28 heavy (non-hydrogen) atoms. The van der Waals surface area contributed by atoms with E-state index in [-0.39, 0.29) is 37.0 Å². The maximum Gasteiger partial charge on any atom is 1.00 e. The van der Waals surface area contributed by atoms with Gasteiger partial charge in [0.2, 0.25) is 0 Å². The summed E-state index contributed by atoms with van der Waals surface area (Å²) in [5.41, 5.74) is 0. The van der Waals surface area contributed by atoms with Gasteiger partial charge in [-0.15, -0.1) is 0 Å². The standard InChI is InChI=1S/2C4H6F4O4S.CH4.Na/c2*5-3(6,1-2-9)4(7,8)13(10,11)12;;/h2*9H,1-2H2,(H,10,11,12);1H4;/q;;;+1/p-1. The van der Waals surface area contributed by atoms with E-state index in [9.17, 15) is 56.5 Å². The van der Waals surface area contributed by atoms with Crippen LogP contribution in [0.1, 0.15) is 20.3 Å². The van der Waals surface area contributed by atoms with Gasteiger partial charge in [-0.3, -0.25) is 4.55 Å². The first-order chi connectivity index (χ1) is 11.1. The van der Waals surface area contributed by atoms with Crippen LogP contribution in [0.4, 0.5) is 35.1 Å². The fraction of sp³-hybridized carbons (Fsp3) is 1.00. The number of aliphatic hydroxyl groups is 2. The summed E-state index contributed by atoms with van der Waals surface area (Å²) < 4.78 is 154. The van der Waals surface area contributed by atoms with Gasteiger partial charge in [-0.2, -0.15) is 43.5 Å². The first kappa shape index (κ1) is 35.6. The first-order valence-corrected chi connectivity index (χ1v) is 8.62. The molecule has 0 atom stereocenters. The van der Waals surface area contributed by atoms with E-state index in [1.807, 2.05) is 0 Å². The average Bonchev–Trinajstić information content (AvgIpc) is 2.36. The molecule has 168 valence electrons. The van der Waals surface area contributed by atoms with E-state index in [1.54, 1.807) is 0 Å². The zero-order valence-electron chi connectivity index (χ0n) is 13.1. The molecule has 0 aromatic heterocycles. The number of rotatable bonds is 8. The van der Waals surface area contributed by atoms with Gasteiger partial charge in [0.05, 0.1) is 0 Å². The summed E-state index contributed by atoms with van der Waals surface area (Å²) in [7, 11) is -12.6. The maximum atomic E-state index is 12.2. The number of hydrogen-bond acceptors (Lipinski definition) is 7. The minimum atomic E-state index is -6.43. The Morgan fingerprint density at radius 1 is 0.714 bits per heavy atom. The van der Waals surface area contributed by atoms with Gasteiger partial charge in [0, 0.05) is 26.1 Å². The minimum Gasteiger partial charge on any atom is -0.743 e. The van der Waals surface area contributed by atoms with E-state index in [0.717, 1.165) is 0 Å². The third kappa shape index (κ3) is 8.50. The molecule has 0 saturated carbocycles. The SMILES string of the molecule is C.O=S(=O)(O)C(F)(F)C(F)(F)CCO.O=S(=O)([O-])C(F)(F)C(F)(F)CCO.[Na+]. The molecule has 0 aliphatic carbocycles. The van der Waals surface area contributed by atoms with Crippen molar-refractivity contribution < 1.29 is 101 Å². The van der Waals surface area contributed by atoms with Crippen molar-refractivity contribution in [3.8, 4) is 0 Å². The monoisotopic (exact) mass is 490 g/mol. The molecule has 0 fully saturated rings. The van der Waals surface area contributed by atoms with Crippen LogP contribution in [0.25, 0.3) is 0 Å². The van der Waals surface area contributed by atoms with Crippen LogP contribution in [-0.4, -0.2) is 71.7 Å². The van der Waals surface area contributed by atoms with Crippen LogP contribution in [0.3, 0.4) is 0 Å². The van der Waals surface area contributed by atoms with Gasteiger partial charge in [-0.05, 0) is 0 Å². The van der Waals surface area contributed by atoms with Crippen LogP contribution in [-0.2, 0) is 20.2 Å². The summed E-state index contributed by atoms with van der Waals surface area (Å²) in [5, 5.41) is 4.59. The number of aliphatic hydroxyl groups excluding tert-OH is 2. The molecule has 0 heterocycles. The van der Waals surface area contributed by atoms with E-state index >= 15 is 0 Å². The van der Waals surface area contributed by atoms with Crippen LogP contribution in [0, 0.1) is 0 Å². The summed E-state index contributed by atoms with van der Waals surface area (Å²) in [5.74, 6) is -10.0. The summed E-state index contributed by atoms with van der Waals surface area (Å²) in [6, 6.07) is 0. The Morgan fingerprint density at radius 2 is 0.964 bits per heavy atom. The molecule has 3 N–H and O–H groups in total. The Hall–Kier alpha value is 0.180. The molecule has 0 radical (unpaired) electrons. The van der Waals surface area contributed by atoms with Crippen LogP contribution in [0.2, 0.25) is 0 Å². The summed E-state index contributed by atoms with van der Waals surface area (Å²) in [6.45, 7) is -2.67. The topological polar surface area (TPSA) is 152 Å². The molecule has 0 bridgehead atoms. The second kappa shape index (κ2) is 11.5. The summed E-state index contributed by atoms with van der Waals surface area (Å²) in [6.07, 6.45) is -3.54. The number of alkyl halides is 8. The number of hydrogen-bond donors (Lipinski definition) is 3. The van der Waals surface area contributed by atoms with Crippen LogP contribution in [0.15, 0.2) is 0 Å². The molecule has 0 unspecified atom stereocenters.